The number of amides is 2. The predicted molar refractivity (Wildman–Crippen MR) is 107 cm³/mol. The fraction of sp³-hybridized carbons (Fsp3) is 0.714. The van der Waals surface area contributed by atoms with E-state index in [1.165, 1.54) is 12.8 Å². The third kappa shape index (κ3) is 4.59. The number of nitrogens with zero attached hydrogens (tertiary/aromatic N) is 5. The van der Waals surface area contributed by atoms with Gasteiger partial charge in [0.05, 0.1) is 37.1 Å². The Kier molecular flexibility index (Phi) is 6.40. The van der Waals surface area contributed by atoms with Gasteiger partial charge >= 0.3 is 0 Å². The Hall–Kier alpha value is -2.06. The van der Waals surface area contributed by atoms with Gasteiger partial charge in [-0.1, -0.05) is 0 Å². The summed E-state index contributed by atoms with van der Waals surface area (Å²) in [5.74, 6) is 0.796. The van der Waals surface area contributed by atoms with Crippen molar-refractivity contribution in [1.82, 2.24) is 24.7 Å². The number of carbonyl (C=O) groups excluding carboxylic acids is 2. The van der Waals surface area contributed by atoms with E-state index < -0.39 is 0 Å². The first kappa shape index (κ1) is 20.2. The van der Waals surface area contributed by atoms with Gasteiger partial charge in [-0.05, 0) is 52.1 Å². The molecule has 8 heteroatoms. The van der Waals surface area contributed by atoms with Crippen LogP contribution < -0.4 is 0 Å². The third-order valence-corrected chi connectivity index (χ3v) is 6.21. The van der Waals surface area contributed by atoms with Crippen LogP contribution in [0.15, 0.2) is 6.20 Å². The number of morpholine rings is 1. The highest BCUT2D eigenvalue weighted by molar-refractivity contribution is 5.95. The predicted octanol–water partition coefficient (Wildman–Crippen LogP) is 1.41. The molecule has 3 aliphatic heterocycles. The fourth-order valence-corrected chi connectivity index (χ4v) is 4.51. The summed E-state index contributed by atoms with van der Waals surface area (Å²) in [5, 5.41) is 0. The molecular formula is C21H31N5O3. The van der Waals surface area contributed by atoms with Gasteiger partial charge in [0.15, 0.2) is 5.82 Å². The van der Waals surface area contributed by atoms with Gasteiger partial charge in [0, 0.05) is 25.8 Å². The minimum Gasteiger partial charge on any atom is -0.378 e. The first-order chi connectivity index (χ1) is 14.1. The van der Waals surface area contributed by atoms with Crippen LogP contribution in [0, 0.1) is 6.92 Å². The molecule has 4 rings (SSSR count). The number of carbonyl (C=O) groups is 2. The van der Waals surface area contributed by atoms with Crippen LogP contribution in [0.4, 0.5) is 0 Å². The van der Waals surface area contributed by atoms with Gasteiger partial charge in [-0.2, -0.15) is 0 Å². The zero-order chi connectivity index (χ0) is 20.2. The fourth-order valence-electron chi connectivity index (χ4n) is 4.51. The first-order valence-corrected chi connectivity index (χ1v) is 10.9. The molecule has 1 aromatic rings. The van der Waals surface area contributed by atoms with Crippen LogP contribution in [0.3, 0.4) is 0 Å². The molecule has 4 heterocycles. The lowest BCUT2D eigenvalue weighted by Gasteiger charge is -2.36. The zero-order valence-corrected chi connectivity index (χ0v) is 17.3. The Morgan fingerprint density at radius 1 is 1.07 bits per heavy atom. The number of aryl methyl sites for hydroxylation is 1. The van der Waals surface area contributed by atoms with Crippen LogP contribution in [0.1, 0.15) is 60.0 Å². The van der Waals surface area contributed by atoms with E-state index in [0.29, 0.717) is 49.9 Å². The maximum absolute atomic E-state index is 13.0. The minimum atomic E-state index is -0.0925. The van der Waals surface area contributed by atoms with Gasteiger partial charge < -0.3 is 14.5 Å². The average Bonchev–Trinajstić information content (AvgIpc) is 3.27. The second-order valence-electron chi connectivity index (χ2n) is 8.21. The number of aromatic nitrogens is 2. The number of ether oxygens (including phenoxy) is 1. The van der Waals surface area contributed by atoms with Crippen LogP contribution in [-0.4, -0.2) is 89.0 Å². The SMILES string of the molecule is Cc1nc(C2CCCCN2C(=O)CN2CCCC2)ncc1C(=O)N1CCOCC1. The first-order valence-electron chi connectivity index (χ1n) is 10.9. The van der Waals surface area contributed by atoms with E-state index in [4.69, 9.17) is 4.74 Å². The van der Waals surface area contributed by atoms with Crippen LogP contribution in [0.25, 0.3) is 0 Å². The van der Waals surface area contributed by atoms with Crippen molar-refractivity contribution in [2.45, 2.75) is 45.1 Å². The molecule has 1 unspecified atom stereocenters. The second-order valence-corrected chi connectivity index (χ2v) is 8.21. The third-order valence-electron chi connectivity index (χ3n) is 6.21. The van der Waals surface area contributed by atoms with Crippen molar-refractivity contribution in [2.24, 2.45) is 0 Å². The molecule has 0 bridgehead atoms. The lowest BCUT2D eigenvalue weighted by molar-refractivity contribution is -0.136. The van der Waals surface area contributed by atoms with Gasteiger partial charge in [-0.25, -0.2) is 9.97 Å². The molecule has 1 atom stereocenters. The van der Waals surface area contributed by atoms with E-state index in [1.807, 2.05) is 11.8 Å². The minimum absolute atomic E-state index is 0.0389. The molecule has 0 saturated carbocycles. The lowest BCUT2D eigenvalue weighted by Crippen LogP contribution is -2.44. The topological polar surface area (TPSA) is 78.9 Å². The summed E-state index contributed by atoms with van der Waals surface area (Å²) in [6, 6.07) is -0.0925. The van der Waals surface area contributed by atoms with Crippen molar-refractivity contribution in [2.75, 3.05) is 52.5 Å². The van der Waals surface area contributed by atoms with Gasteiger partial charge in [-0.15, -0.1) is 0 Å². The summed E-state index contributed by atoms with van der Waals surface area (Å²) >= 11 is 0. The number of likely N-dealkylation sites (tertiary alicyclic amines) is 2. The van der Waals surface area contributed by atoms with E-state index in [1.54, 1.807) is 11.1 Å². The average molecular weight is 402 g/mol. The quantitative estimate of drug-likeness (QED) is 0.759. The summed E-state index contributed by atoms with van der Waals surface area (Å²) in [5.41, 5.74) is 1.23. The maximum atomic E-state index is 13.0. The van der Waals surface area contributed by atoms with Crippen molar-refractivity contribution in [1.29, 1.82) is 0 Å². The standard InChI is InChI=1S/C21H31N5O3/c1-16-17(21(28)25-10-12-29-13-11-25)14-22-20(23-16)18-6-2-3-9-26(18)19(27)15-24-7-4-5-8-24/h14,18H,2-13,15H2,1H3. The lowest BCUT2D eigenvalue weighted by atomic mass is 10.0. The summed E-state index contributed by atoms with van der Waals surface area (Å²) < 4.78 is 5.33. The molecule has 3 fully saturated rings. The molecule has 0 N–H and O–H groups in total. The Bertz CT molecular complexity index is 744. The van der Waals surface area contributed by atoms with Crippen LogP contribution in [0.2, 0.25) is 0 Å². The van der Waals surface area contributed by atoms with Crippen LogP contribution in [0.5, 0.6) is 0 Å². The number of rotatable bonds is 4. The van der Waals surface area contributed by atoms with Crippen molar-refractivity contribution >= 4 is 11.8 Å². The monoisotopic (exact) mass is 401 g/mol. The Labute approximate surface area is 172 Å². The van der Waals surface area contributed by atoms with E-state index in [9.17, 15) is 9.59 Å². The van der Waals surface area contributed by atoms with Crippen molar-refractivity contribution in [3.8, 4) is 0 Å². The maximum Gasteiger partial charge on any atom is 0.257 e. The molecule has 29 heavy (non-hydrogen) atoms. The van der Waals surface area contributed by atoms with Gasteiger partial charge in [0.1, 0.15) is 0 Å². The van der Waals surface area contributed by atoms with E-state index in [2.05, 4.69) is 14.9 Å². The van der Waals surface area contributed by atoms with Crippen molar-refractivity contribution in [3.05, 3.63) is 23.3 Å². The summed E-state index contributed by atoms with van der Waals surface area (Å²) in [6.45, 7) is 7.47. The van der Waals surface area contributed by atoms with Gasteiger partial charge in [0.25, 0.3) is 5.91 Å². The molecule has 8 nitrogen and oxygen atoms in total. The highest BCUT2D eigenvalue weighted by atomic mass is 16.5. The number of hydrogen-bond acceptors (Lipinski definition) is 6. The molecule has 3 aliphatic rings. The van der Waals surface area contributed by atoms with E-state index >= 15 is 0 Å². The van der Waals surface area contributed by atoms with E-state index in [0.717, 1.165) is 38.9 Å². The van der Waals surface area contributed by atoms with Gasteiger partial charge in [0.2, 0.25) is 5.91 Å². The number of piperidine rings is 1. The molecule has 3 saturated heterocycles. The largest absolute Gasteiger partial charge is 0.378 e. The molecule has 0 aromatic carbocycles. The molecule has 1 aromatic heterocycles. The molecule has 158 valence electrons. The molecule has 0 radical (unpaired) electrons. The summed E-state index contributed by atoms with van der Waals surface area (Å²) in [6.07, 6.45) is 6.97. The molecule has 0 spiro atoms. The van der Waals surface area contributed by atoms with Crippen LogP contribution in [-0.2, 0) is 9.53 Å². The molecular weight excluding hydrogens is 370 g/mol. The molecule has 0 aliphatic carbocycles. The molecule has 2 amide bonds. The zero-order valence-electron chi connectivity index (χ0n) is 17.3. The normalized spacial score (nSPS) is 23.4. The van der Waals surface area contributed by atoms with Crippen LogP contribution >= 0.6 is 0 Å². The van der Waals surface area contributed by atoms with Crippen molar-refractivity contribution < 1.29 is 14.3 Å². The van der Waals surface area contributed by atoms with Gasteiger partial charge in [-0.3, -0.25) is 14.5 Å². The highest BCUT2D eigenvalue weighted by Crippen LogP contribution is 2.29. The number of hydrogen-bond donors (Lipinski definition) is 0. The second kappa shape index (κ2) is 9.17. The summed E-state index contributed by atoms with van der Waals surface area (Å²) in [7, 11) is 0. The Morgan fingerprint density at radius 3 is 2.52 bits per heavy atom. The Morgan fingerprint density at radius 2 is 1.79 bits per heavy atom. The van der Waals surface area contributed by atoms with Crippen molar-refractivity contribution in [3.63, 3.8) is 0 Å². The van der Waals surface area contributed by atoms with E-state index in [-0.39, 0.29) is 17.9 Å². The smallest absolute Gasteiger partial charge is 0.257 e. The summed E-state index contributed by atoms with van der Waals surface area (Å²) in [4.78, 5) is 41.0. The highest BCUT2D eigenvalue weighted by Gasteiger charge is 2.32. The Balaban J connectivity index is 1.48.